The van der Waals surface area contributed by atoms with Crippen LogP contribution in [0.2, 0.25) is 0 Å². The maximum Gasteiger partial charge on any atom is 0.193 e. The largest absolute Gasteiger partial charge is 0.289 e. The second kappa shape index (κ2) is 5.40. The van der Waals surface area contributed by atoms with E-state index in [0.717, 1.165) is 16.7 Å². The summed E-state index contributed by atoms with van der Waals surface area (Å²) in [7, 11) is 0. The first-order valence-electron chi connectivity index (χ1n) is 5.89. The number of benzene rings is 2. The fourth-order valence-electron chi connectivity index (χ4n) is 2.13. The summed E-state index contributed by atoms with van der Waals surface area (Å²) in [5, 5.41) is 0. The molecule has 0 heterocycles. The van der Waals surface area contributed by atoms with Gasteiger partial charge in [-0.25, -0.2) is 0 Å². The van der Waals surface area contributed by atoms with Crippen molar-refractivity contribution in [2.45, 2.75) is 18.7 Å². The lowest BCUT2D eigenvalue weighted by Gasteiger charge is -2.11. The van der Waals surface area contributed by atoms with Crippen LogP contribution in [-0.2, 0) is 0 Å². The molecule has 92 valence electrons. The van der Waals surface area contributed by atoms with E-state index in [1.807, 2.05) is 55.6 Å². The molecule has 2 aromatic carbocycles. The van der Waals surface area contributed by atoms with E-state index in [-0.39, 0.29) is 5.78 Å². The topological polar surface area (TPSA) is 17.1 Å². The van der Waals surface area contributed by atoms with Gasteiger partial charge >= 0.3 is 0 Å². The molecule has 2 aromatic rings. The van der Waals surface area contributed by atoms with Crippen LogP contribution in [-0.4, -0.2) is 12.0 Å². The first kappa shape index (κ1) is 12.9. The van der Waals surface area contributed by atoms with E-state index in [1.165, 1.54) is 10.5 Å². The third kappa shape index (κ3) is 2.34. The van der Waals surface area contributed by atoms with Gasteiger partial charge in [0.25, 0.3) is 0 Å². The van der Waals surface area contributed by atoms with Crippen LogP contribution < -0.4 is 0 Å². The minimum atomic E-state index is 0.100. The smallest absolute Gasteiger partial charge is 0.193 e. The molecule has 1 nitrogen and oxygen atoms in total. The van der Waals surface area contributed by atoms with Gasteiger partial charge in [0, 0.05) is 16.0 Å². The number of thioether (sulfide) groups is 1. The van der Waals surface area contributed by atoms with Crippen LogP contribution in [0.1, 0.15) is 27.0 Å². The molecule has 0 spiro atoms. The molecule has 2 rings (SSSR count). The van der Waals surface area contributed by atoms with Gasteiger partial charge in [0.1, 0.15) is 0 Å². The Morgan fingerprint density at radius 3 is 2.28 bits per heavy atom. The molecule has 0 fully saturated rings. The SMILES string of the molecule is CSc1c(C)ccc(C(=O)c2ccccc2)c1C. The molecule has 18 heavy (non-hydrogen) atoms. The summed E-state index contributed by atoms with van der Waals surface area (Å²) in [4.78, 5) is 13.6. The zero-order valence-corrected chi connectivity index (χ0v) is 11.7. The minimum Gasteiger partial charge on any atom is -0.289 e. The fraction of sp³-hybridized carbons (Fsp3) is 0.188. The molecule has 2 heteroatoms. The average molecular weight is 256 g/mol. The lowest BCUT2D eigenvalue weighted by molar-refractivity contribution is 0.103. The van der Waals surface area contributed by atoms with E-state index in [0.29, 0.717) is 0 Å². The number of carbonyl (C=O) groups is 1. The van der Waals surface area contributed by atoms with Crippen LogP contribution in [0.15, 0.2) is 47.4 Å². The van der Waals surface area contributed by atoms with Crippen LogP contribution >= 0.6 is 11.8 Å². The van der Waals surface area contributed by atoms with Gasteiger partial charge in [-0.3, -0.25) is 4.79 Å². The second-order valence-corrected chi connectivity index (χ2v) is 5.10. The van der Waals surface area contributed by atoms with Gasteiger partial charge in [-0.15, -0.1) is 11.8 Å². The standard InChI is InChI=1S/C16H16OS/c1-11-9-10-14(12(2)16(11)18-3)15(17)13-7-5-4-6-8-13/h4-10H,1-3H3. The Hall–Kier alpha value is -1.54. The summed E-state index contributed by atoms with van der Waals surface area (Å²) >= 11 is 1.70. The van der Waals surface area contributed by atoms with Crippen molar-refractivity contribution in [2.24, 2.45) is 0 Å². The Kier molecular flexibility index (Phi) is 3.87. The highest BCUT2D eigenvalue weighted by Crippen LogP contribution is 2.28. The maximum atomic E-state index is 12.4. The van der Waals surface area contributed by atoms with E-state index in [2.05, 4.69) is 6.92 Å². The summed E-state index contributed by atoms with van der Waals surface area (Å²) in [5.74, 6) is 0.100. The summed E-state index contributed by atoms with van der Waals surface area (Å²) in [6.45, 7) is 4.10. The summed E-state index contributed by atoms with van der Waals surface area (Å²) in [6.07, 6.45) is 2.05. The Morgan fingerprint density at radius 2 is 1.67 bits per heavy atom. The van der Waals surface area contributed by atoms with Gasteiger partial charge < -0.3 is 0 Å². The molecule has 0 aliphatic carbocycles. The molecular weight excluding hydrogens is 240 g/mol. The van der Waals surface area contributed by atoms with Crippen LogP contribution in [0, 0.1) is 13.8 Å². The van der Waals surface area contributed by atoms with Crippen molar-refractivity contribution in [3.63, 3.8) is 0 Å². The molecule has 0 amide bonds. The third-order valence-electron chi connectivity index (χ3n) is 3.09. The zero-order valence-electron chi connectivity index (χ0n) is 10.9. The van der Waals surface area contributed by atoms with Gasteiger partial charge in [-0.1, -0.05) is 42.5 Å². The van der Waals surface area contributed by atoms with Crippen molar-refractivity contribution >= 4 is 17.5 Å². The molecule has 0 aliphatic heterocycles. The Morgan fingerprint density at radius 1 is 1.00 bits per heavy atom. The van der Waals surface area contributed by atoms with Gasteiger partial charge in [0.15, 0.2) is 5.78 Å². The Balaban J connectivity index is 2.50. The lowest BCUT2D eigenvalue weighted by atomic mass is 9.97. The van der Waals surface area contributed by atoms with Gasteiger partial charge in [0.2, 0.25) is 0 Å². The van der Waals surface area contributed by atoms with E-state index >= 15 is 0 Å². The number of ketones is 1. The molecule has 0 aliphatic rings. The van der Waals surface area contributed by atoms with Crippen molar-refractivity contribution in [3.8, 4) is 0 Å². The minimum absolute atomic E-state index is 0.100. The fourth-order valence-corrected chi connectivity index (χ4v) is 2.94. The molecule has 0 radical (unpaired) electrons. The number of hydrogen-bond acceptors (Lipinski definition) is 2. The number of hydrogen-bond donors (Lipinski definition) is 0. The molecule has 0 bridgehead atoms. The molecule has 0 saturated carbocycles. The molecule has 0 saturated heterocycles. The highest BCUT2D eigenvalue weighted by atomic mass is 32.2. The second-order valence-electron chi connectivity index (χ2n) is 4.28. The number of rotatable bonds is 3. The lowest BCUT2D eigenvalue weighted by Crippen LogP contribution is -2.05. The van der Waals surface area contributed by atoms with E-state index in [1.54, 1.807) is 11.8 Å². The van der Waals surface area contributed by atoms with Crippen LogP contribution in [0.25, 0.3) is 0 Å². The summed E-state index contributed by atoms with van der Waals surface area (Å²) < 4.78 is 0. The van der Waals surface area contributed by atoms with E-state index in [4.69, 9.17) is 0 Å². The quantitative estimate of drug-likeness (QED) is 0.603. The van der Waals surface area contributed by atoms with Crippen molar-refractivity contribution < 1.29 is 4.79 Å². The molecule has 0 atom stereocenters. The molecule has 0 N–H and O–H groups in total. The van der Waals surface area contributed by atoms with Crippen LogP contribution in [0.5, 0.6) is 0 Å². The summed E-state index contributed by atoms with van der Waals surface area (Å²) in [6, 6.07) is 13.4. The van der Waals surface area contributed by atoms with Crippen LogP contribution in [0.4, 0.5) is 0 Å². The van der Waals surface area contributed by atoms with E-state index in [9.17, 15) is 4.79 Å². The first-order chi connectivity index (χ1) is 8.65. The first-order valence-corrected chi connectivity index (χ1v) is 7.11. The average Bonchev–Trinajstić information content (AvgIpc) is 2.40. The monoisotopic (exact) mass is 256 g/mol. The van der Waals surface area contributed by atoms with Crippen molar-refractivity contribution in [3.05, 3.63) is 64.7 Å². The number of carbonyl (C=O) groups excluding carboxylic acids is 1. The Bertz CT molecular complexity index is 573. The van der Waals surface area contributed by atoms with Crippen molar-refractivity contribution in [2.75, 3.05) is 6.26 Å². The number of aryl methyl sites for hydroxylation is 1. The van der Waals surface area contributed by atoms with Crippen molar-refractivity contribution in [1.29, 1.82) is 0 Å². The highest BCUT2D eigenvalue weighted by Gasteiger charge is 2.14. The molecule has 0 aromatic heterocycles. The van der Waals surface area contributed by atoms with Gasteiger partial charge in [-0.05, 0) is 31.2 Å². The predicted molar refractivity (Wildman–Crippen MR) is 77.6 cm³/mol. The van der Waals surface area contributed by atoms with E-state index < -0.39 is 0 Å². The predicted octanol–water partition coefficient (Wildman–Crippen LogP) is 4.26. The molecular formula is C16H16OS. The Labute approximate surface area is 112 Å². The third-order valence-corrected chi connectivity index (χ3v) is 4.12. The van der Waals surface area contributed by atoms with Gasteiger partial charge in [-0.2, -0.15) is 0 Å². The maximum absolute atomic E-state index is 12.4. The highest BCUT2D eigenvalue weighted by molar-refractivity contribution is 7.98. The summed E-state index contributed by atoms with van der Waals surface area (Å²) in [5.41, 5.74) is 3.86. The van der Waals surface area contributed by atoms with Crippen molar-refractivity contribution in [1.82, 2.24) is 0 Å². The normalized spacial score (nSPS) is 10.4. The van der Waals surface area contributed by atoms with Gasteiger partial charge in [0.05, 0.1) is 0 Å². The zero-order chi connectivity index (χ0) is 13.1. The molecule has 0 unspecified atom stereocenters. The van der Waals surface area contributed by atoms with Crippen LogP contribution in [0.3, 0.4) is 0 Å².